The lowest BCUT2D eigenvalue weighted by Crippen LogP contribution is -2.32. The number of hydrogen-bond donors (Lipinski definition) is 2. The third-order valence-corrected chi connectivity index (χ3v) is 3.69. The first kappa shape index (κ1) is 17.8. The summed E-state index contributed by atoms with van der Waals surface area (Å²) in [5.41, 5.74) is 1.25. The molecule has 4 nitrogen and oxygen atoms in total. The van der Waals surface area contributed by atoms with Gasteiger partial charge in [0.15, 0.2) is 0 Å². The van der Waals surface area contributed by atoms with Gasteiger partial charge in [0.1, 0.15) is 5.75 Å². The Morgan fingerprint density at radius 1 is 1.48 bits per heavy atom. The summed E-state index contributed by atoms with van der Waals surface area (Å²) in [4.78, 5) is 11.7. The molecule has 21 heavy (non-hydrogen) atoms. The zero-order chi connectivity index (χ0) is 14.2. The summed E-state index contributed by atoms with van der Waals surface area (Å²) in [6, 6.07) is 8.46. The smallest absolute Gasteiger partial charge is 0.221 e. The predicted octanol–water partition coefficient (Wildman–Crippen LogP) is 2.31. The second-order valence-electron chi connectivity index (χ2n) is 5.30. The Morgan fingerprint density at radius 2 is 2.33 bits per heavy atom. The number of hydrogen-bond acceptors (Lipinski definition) is 3. The fourth-order valence-electron chi connectivity index (χ4n) is 2.58. The lowest BCUT2D eigenvalue weighted by molar-refractivity contribution is -0.121. The van der Waals surface area contributed by atoms with Crippen molar-refractivity contribution in [3.8, 4) is 5.75 Å². The molecule has 2 rings (SSSR count). The summed E-state index contributed by atoms with van der Waals surface area (Å²) in [5.74, 6) is 1.05. The highest BCUT2D eigenvalue weighted by Crippen LogP contribution is 2.13. The van der Waals surface area contributed by atoms with Gasteiger partial charge in [0.2, 0.25) is 5.91 Å². The molecule has 1 aromatic carbocycles. The zero-order valence-corrected chi connectivity index (χ0v) is 13.4. The molecule has 1 aromatic rings. The third kappa shape index (κ3) is 6.36. The Balaban J connectivity index is 0.00000220. The quantitative estimate of drug-likeness (QED) is 0.760. The number of aryl methyl sites for hydroxylation is 1. The number of benzene rings is 1. The molecular weight excluding hydrogens is 288 g/mol. The van der Waals surface area contributed by atoms with Gasteiger partial charge in [-0.25, -0.2) is 0 Å². The van der Waals surface area contributed by atoms with E-state index in [2.05, 4.69) is 16.7 Å². The Kier molecular flexibility index (Phi) is 8.16. The van der Waals surface area contributed by atoms with Gasteiger partial charge >= 0.3 is 0 Å². The van der Waals surface area contributed by atoms with Gasteiger partial charge in [0.25, 0.3) is 0 Å². The van der Waals surface area contributed by atoms with Crippen LogP contribution in [0.1, 0.15) is 31.2 Å². The van der Waals surface area contributed by atoms with Crippen LogP contribution in [-0.4, -0.2) is 32.1 Å². The largest absolute Gasteiger partial charge is 0.497 e. The van der Waals surface area contributed by atoms with Gasteiger partial charge < -0.3 is 15.4 Å². The van der Waals surface area contributed by atoms with Crippen LogP contribution >= 0.6 is 12.4 Å². The van der Waals surface area contributed by atoms with Gasteiger partial charge in [-0.3, -0.25) is 4.79 Å². The van der Waals surface area contributed by atoms with E-state index in [1.165, 1.54) is 12.0 Å². The molecule has 0 saturated carbocycles. The number of halogens is 1. The van der Waals surface area contributed by atoms with E-state index in [0.717, 1.165) is 38.1 Å². The number of carbonyl (C=O) groups is 1. The second kappa shape index (κ2) is 9.64. The highest BCUT2D eigenvalue weighted by atomic mass is 35.5. The lowest BCUT2D eigenvalue weighted by Gasteiger charge is -2.10. The van der Waals surface area contributed by atoms with E-state index in [1.54, 1.807) is 7.11 Å². The highest BCUT2D eigenvalue weighted by Gasteiger charge is 2.16. The molecule has 0 radical (unpaired) electrons. The van der Waals surface area contributed by atoms with Crippen molar-refractivity contribution >= 4 is 18.3 Å². The molecule has 1 aliphatic rings. The standard InChI is InChI=1S/C16H24N2O2.ClH/c1-20-15-8-2-5-13(11-15)6-3-10-18-16(19)12-14-7-4-9-17-14;/h2,5,8,11,14,17H,3-4,6-7,9-10,12H2,1H3,(H,18,19);1H. The Hall–Kier alpha value is -1.26. The average molecular weight is 313 g/mol. The van der Waals surface area contributed by atoms with Gasteiger partial charge in [-0.15, -0.1) is 12.4 Å². The van der Waals surface area contributed by atoms with Crippen LogP contribution in [0.3, 0.4) is 0 Å². The van der Waals surface area contributed by atoms with E-state index in [-0.39, 0.29) is 18.3 Å². The van der Waals surface area contributed by atoms with E-state index in [1.807, 2.05) is 18.2 Å². The molecule has 1 unspecified atom stereocenters. The molecule has 2 N–H and O–H groups in total. The van der Waals surface area contributed by atoms with Gasteiger partial charge in [-0.1, -0.05) is 12.1 Å². The van der Waals surface area contributed by atoms with Gasteiger partial charge in [0.05, 0.1) is 7.11 Å². The molecule has 1 heterocycles. The van der Waals surface area contributed by atoms with Crippen LogP contribution in [0.5, 0.6) is 5.75 Å². The van der Waals surface area contributed by atoms with Crippen LogP contribution < -0.4 is 15.4 Å². The monoisotopic (exact) mass is 312 g/mol. The fraction of sp³-hybridized carbons (Fsp3) is 0.562. The molecular formula is C16H25ClN2O2. The summed E-state index contributed by atoms with van der Waals surface area (Å²) in [6.45, 7) is 1.79. The van der Waals surface area contributed by atoms with E-state index in [0.29, 0.717) is 12.5 Å². The van der Waals surface area contributed by atoms with Gasteiger partial charge in [-0.05, 0) is 49.9 Å². The molecule has 0 bridgehead atoms. The van der Waals surface area contributed by atoms with Crippen LogP contribution in [0.2, 0.25) is 0 Å². The number of nitrogens with one attached hydrogen (secondary N) is 2. The normalized spacial score (nSPS) is 17.1. The summed E-state index contributed by atoms with van der Waals surface area (Å²) < 4.78 is 5.20. The minimum absolute atomic E-state index is 0. The van der Waals surface area contributed by atoms with Crippen molar-refractivity contribution in [1.29, 1.82) is 0 Å². The minimum Gasteiger partial charge on any atom is -0.497 e. The van der Waals surface area contributed by atoms with E-state index in [4.69, 9.17) is 4.74 Å². The number of methoxy groups -OCH3 is 1. The van der Waals surface area contributed by atoms with Crippen LogP contribution in [0.25, 0.3) is 0 Å². The SMILES string of the molecule is COc1cccc(CCCNC(=O)CC2CCCN2)c1.Cl. The van der Waals surface area contributed by atoms with Gasteiger partial charge in [0, 0.05) is 19.0 Å². The number of carbonyl (C=O) groups excluding carboxylic acids is 1. The molecule has 1 aliphatic heterocycles. The fourth-order valence-corrected chi connectivity index (χ4v) is 2.58. The molecule has 1 fully saturated rings. The Labute approximate surface area is 133 Å². The summed E-state index contributed by atoms with van der Waals surface area (Å²) in [5, 5.41) is 6.34. The zero-order valence-electron chi connectivity index (χ0n) is 12.6. The molecule has 1 amide bonds. The van der Waals surface area contributed by atoms with Crippen LogP contribution in [0.15, 0.2) is 24.3 Å². The molecule has 0 aromatic heterocycles. The maximum Gasteiger partial charge on any atom is 0.221 e. The number of amides is 1. The molecule has 1 saturated heterocycles. The third-order valence-electron chi connectivity index (χ3n) is 3.69. The first-order valence-corrected chi connectivity index (χ1v) is 7.41. The van der Waals surface area contributed by atoms with Crippen molar-refractivity contribution in [3.05, 3.63) is 29.8 Å². The first-order chi connectivity index (χ1) is 9.78. The van der Waals surface area contributed by atoms with Crippen molar-refractivity contribution in [1.82, 2.24) is 10.6 Å². The molecule has 0 spiro atoms. The van der Waals surface area contributed by atoms with Crippen molar-refractivity contribution in [2.75, 3.05) is 20.2 Å². The van der Waals surface area contributed by atoms with Crippen molar-refractivity contribution < 1.29 is 9.53 Å². The summed E-state index contributed by atoms with van der Waals surface area (Å²) in [6.07, 6.45) is 4.83. The Bertz CT molecular complexity index is 434. The van der Waals surface area contributed by atoms with Crippen molar-refractivity contribution in [2.45, 2.75) is 38.1 Å². The van der Waals surface area contributed by atoms with E-state index < -0.39 is 0 Å². The van der Waals surface area contributed by atoms with Crippen LogP contribution in [-0.2, 0) is 11.2 Å². The Morgan fingerprint density at radius 3 is 3.05 bits per heavy atom. The van der Waals surface area contributed by atoms with Crippen LogP contribution in [0.4, 0.5) is 0 Å². The molecule has 5 heteroatoms. The highest BCUT2D eigenvalue weighted by molar-refractivity contribution is 5.85. The van der Waals surface area contributed by atoms with Gasteiger partial charge in [-0.2, -0.15) is 0 Å². The molecule has 0 aliphatic carbocycles. The van der Waals surface area contributed by atoms with E-state index in [9.17, 15) is 4.79 Å². The lowest BCUT2D eigenvalue weighted by atomic mass is 10.1. The number of ether oxygens (including phenoxy) is 1. The van der Waals surface area contributed by atoms with Crippen molar-refractivity contribution in [2.24, 2.45) is 0 Å². The average Bonchev–Trinajstić information content (AvgIpc) is 2.97. The first-order valence-electron chi connectivity index (χ1n) is 7.41. The molecule has 118 valence electrons. The maximum atomic E-state index is 11.7. The summed E-state index contributed by atoms with van der Waals surface area (Å²) >= 11 is 0. The van der Waals surface area contributed by atoms with E-state index >= 15 is 0 Å². The summed E-state index contributed by atoms with van der Waals surface area (Å²) in [7, 11) is 1.68. The minimum atomic E-state index is 0. The maximum absolute atomic E-state index is 11.7. The van der Waals surface area contributed by atoms with Crippen molar-refractivity contribution in [3.63, 3.8) is 0 Å². The number of rotatable bonds is 7. The van der Waals surface area contributed by atoms with Crippen LogP contribution in [0, 0.1) is 0 Å². The predicted molar refractivity (Wildman–Crippen MR) is 87.2 cm³/mol. The molecule has 1 atom stereocenters. The topological polar surface area (TPSA) is 50.4 Å². The second-order valence-corrected chi connectivity index (χ2v) is 5.30.